The summed E-state index contributed by atoms with van der Waals surface area (Å²) in [5.74, 6) is -0.215. The zero-order chi connectivity index (χ0) is 19.4. The molecule has 0 atom stereocenters. The van der Waals surface area contributed by atoms with Crippen LogP contribution in [0.4, 0.5) is 8.78 Å². The van der Waals surface area contributed by atoms with Gasteiger partial charge in [-0.1, -0.05) is 23.7 Å². The summed E-state index contributed by atoms with van der Waals surface area (Å²) in [6.45, 7) is -2.38. The molecule has 0 saturated heterocycles. The summed E-state index contributed by atoms with van der Waals surface area (Å²) in [4.78, 5) is -0.142. The number of halogens is 3. The number of aryl methyl sites for hydroxylation is 1. The topological polar surface area (TPSA) is 73.2 Å². The fourth-order valence-electron chi connectivity index (χ4n) is 2.58. The maximum absolute atomic E-state index is 12.3. The van der Waals surface area contributed by atoms with Gasteiger partial charge in [-0.05, 0) is 30.7 Å². The van der Waals surface area contributed by atoms with Crippen LogP contribution in [0.25, 0.3) is 10.9 Å². The van der Waals surface area contributed by atoms with Gasteiger partial charge in [-0.15, -0.1) is 0 Å². The summed E-state index contributed by atoms with van der Waals surface area (Å²) in [6, 6.07) is 10.4. The minimum Gasteiger partial charge on any atom is -0.435 e. The van der Waals surface area contributed by atoms with Gasteiger partial charge in [0.15, 0.2) is 0 Å². The molecule has 27 heavy (non-hydrogen) atoms. The van der Waals surface area contributed by atoms with E-state index < -0.39 is 16.6 Å². The van der Waals surface area contributed by atoms with Crippen LogP contribution in [0.3, 0.4) is 0 Å². The molecule has 0 saturated carbocycles. The summed E-state index contributed by atoms with van der Waals surface area (Å²) in [7, 11) is -3.83. The molecule has 10 heteroatoms. The van der Waals surface area contributed by atoms with Crippen LogP contribution in [0.2, 0.25) is 5.02 Å². The second kappa shape index (κ2) is 8.20. The molecule has 0 amide bonds. The van der Waals surface area contributed by atoms with Crippen molar-refractivity contribution in [2.24, 2.45) is 0 Å². The van der Waals surface area contributed by atoms with Crippen LogP contribution < -0.4 is 9.46 Å². The lowest BCUT2D eigenvalue weighted by molar-refractivity contribution is -0.0499. The van der Waals surface area contributed by atoms with Gasteiger partial charge in [-0.3, -0.25) is 4.68 Å². The molecule has 6 nitrogen and oxygen atoms in total. The first-order chi connectivity index (χ1) is 12.9. The molecular weight excluding hydrogens is 400 g/mol. The van der Waals surface area contributed by atoms with Crippen LogP contribution in [-0.2, 0) is 16.6 Å². The molecule has 144 valence electrons. The Morgan fingerprint density at radius 3 is 2.78 bits per heavy atom. The third-order valence-electron chi connectivity index (χ3n) is 3.81. The van der Waals surface area contributed by atoms with Gasteiger partial charge in [0.25, 0.3) is 0 Å². The lowest BCUT2D eigenvalue weighted by Gasteiger charge is -2.09. The molecule has 1 N–H and O–H groups in total. The number of nitrogens with one attached hydrogen (secondary N) is 1. The minimum absolute atomic E-state index is 0.142. The molecular formula is C17H16ClF2N3O3S. The fourth-order valence-corrected chi connectivity index (χ4v) is 3.91. The van der Waals surface area contributed by atoms with E-state index in [0.717, 1.165) is 17.0 Å². The number of rotatable bonds is 8. The number of benzene rings is 2. The fraction of sp³-hybridized carbons (Fsp3) is 0.235. The van der Waals surface area contributed by atoms with E-state index in [9.17, 15) is 17.2 Å². The molecule has 3 aromatic rings. The number of ether oxygens (including phenoxy) is 1. The van der Waals surface area contributed by atoms with E-state index >= 15 is 0 Å². The Hall–Kier alpha value is -2.23. The zero-order valence-electron chi connectivity index (χ0n) is 14.0. The number of fused-ring (bicyclic) bond motifs is 1. The first-order valence-electron chi connectivity index (χ1n) is 8.01. The number of aromatic nitrogens is 2. The van der Waals surface area contributed by atoms with E-state index in [4.69, 9.17) is 11.6 Å². The Morgan fingerprint density at radius 1 is 1.22 bits per heavy atom. The molecule has 1 heterocycles. The molecule has 0 unspecified atom stereocenters. The van der Waals surface area contributed by atoms with Gasteiger partial charge in [0, 0.05) is 24.5 Å². The lowest BCUT2D eigenvalue weighted by Crippen LogP contribution is -2.25. The van der Waals surface area contributed by atoms with Crippen molar-refractivity contribution in [1.29, 1.82) is 0 Å². The molecule has 0 spiro atoms. The Morgan fingerprint density at radius 2 is 2.00 bits per heavy atom. The van der Waals surface area contributed by atoms with Crippen LogP contribution in [-0.4, -0.2) is 31.4 Å². The molecule has 1 aromatic heterocycles. The van der Waals surface area contributed by atoms with Gasteiger partial charge in [0.1, 0.15) is 5.75 Å². The predicted molar refractivity (Wildman–Crippen MR) is 97.6 cm³/mol. The van der Waals surface area contributed by atoms with Gasteiger partial charge in [0.2, 0.25) is 10.0 Å². The third-order valence-corrected chi connectivity index (χ3v) is 5.60. The maximum Gasteiger partial charge on any atom is 0.387 e. The summed E-state index contributed by atoms with van der Waals surface area (Å²) in [5, 5.41) is 5.69. The summed E-state index contributed by atoms with van der Waals surface area (Å²) < 4.78 is 57.5. The lowest BCUT2D eigenvalue weighted by atomic mass is 10.2. The SMILES string of the molecule is O=S(=O)(NCCCn1ncc2c(Cl)cccc21)c1cccc(OC(F)F)c1. The largest absolute Gasteiger partial charge is 0.435 e. The number of nitrogens with zero attached hydrogens (tertiary/aromatic N) is 2. The van der Waals surface area contributed by atoms with Crippen molar-refractivity contribution in [3.63, 3.8) is 0 Å². The Kier molecular flexibility index (Phi) is 5.93. The summed E-state index contributed by atoms with van der Waals surface area (Å²) >= 11 is 6.10. The minimum atomic E-state index is -3.83. The van der Waals surface area contributed by atoms with E-state index in [1.54, 1.807) is 16.9 Å². The van der Waals surface area contributed by atoms with Crippen molar-refractivity contribution in [3.8, 4) is 5.75 Å². The standard InChI is InChI=1S/C17H16ClF2N3O3S/c18-15-6-2-7-16-14(15)11-21-23(16)9-3-8-22-27(24,25)13-5-1-4-12(10-13)26-17(19)20/h1-2,4-7,10-11,17,22H,3,8-9H2. The van der Waals surface area contributed by atoms with E-state index in [2.05, 4.69) is 14.6 Å². The first-order valence-corrected chi connectivity index (χ1v) is 9.87. The average molecular weight is 416 g/mol. The van der Waals surface area contributed by atoms with E-state index in [1.807, 2.05) is 12.1 Å². The Labute approximate surface area is 159 Å². The smallest absolute Gasteiger partial charge is 0.387 e. The number of sulfonamides is 1. The van der Waals surface area contributed by atoms with Crippen molar-refractivity contribution in [1.82, 2.24) is 14.5 Å². The van der Waals surface area contributed by atoms with E-state index in [0.29, 0.717) is 18.0 Å². The van der Waals surface area contributed by atoms with Gasteiger partial charge >= 0.3 is 6.61 Å². The highest BCUT2D eigenvalue weighted by atomic mass is 35.5. The Bertz CT molecular complexity index is 1040. The second-order valence-electron chi connectivity index (χ2n) is 5.65. The second-order valence-corrected chi connectivity index (χ2v) is 7.82. The third kappa shape index (κ3) is 4.74. The average Bonchev–Trinajstić information content (AvgIpc) is 3.03. The normalized spacial score (nSPS) is 12.0. The molecule has 2 aromatic carbocycles. The Balaban J connectivity index is 1.60. The highest BCUT2D eigenvalue weighted by molar-refractivity contribution is 7.89. The van der Waals surface area contributed by atoms with Gasteiger partial charge in [-0.2, -0.15) is 13.9 Å². The van der Waals surface area contributed by atoms with Crippen LogP contribution in [0.5, 0.6) is 5.75 Å². The van der Waals surface area contributed by atoms with Crippen molar-refractivity contribution >= 4 is 32.5 Å². The van der Waals surface area contributed by atoms with Crippen LogP contribution >= 0.6 is 11.6 Å². The molecule has 0 aliphatic carbocycles. The first kappa shape index (κ1) is 19.5. The maximum atomic E-state index is 12.3. The number of hydrogen-bond donors (Lipinski definition) is 1. The number of hydrogen-bond acceptors (Lipinski definition) is 4. The molecule has 0 aliphatic rings. The van der Waals surface area contributed by atoms with Gasteiger partial charge < -0.3 is 4.74 Å². The highest BCUT2D eigenvalue weighted by Gasteiger charge is 2.15. The molecule has 0 fully saturated rings. The van der Waals surface area contributed by atoms with E-state index in [-0.39, 0.29) is 17.2 Å². The molecule has 0 radical (unpaired) electrons. The van der Waals surface area contributed by atoms with Crippen molar-refractivity contribution in [2.75, 3.05) is 6.54 Å². The quantitative estimate of drug-likeness (QED) is 0.570. The molecule has 3 rings (SSSR count). The van der Waals surface area contributed by atoms with Gasteiger partial charge in [-0.25, -0.2) is 13.1 Å². The predicted octanol–water partition coefficient (Wildman–Crippen LogP) is 3.66. The number of alkyl halides is 2. The summed E-state index contributed by atoms with van der Waals surface area (Å²) in [6.07, 6.45) is 2.14. The molecule has 0 bridgehead atoms. The van der Waals surface area contributed by atoms with Crippen molar-refractivity contribution in [3.05, 3.63) is 53.7 Å². The zero-order valence-corrected chi connectivity index (χ0v) is 15.6. The molecule has 0 aliphatic heterocycles. The van der Waals surface area contributed by atoms with Gasteiger partial charge in [0.05, 0.1) is 21.6 Å². The summed E-state index contributed by atoms with van der Waals surface area (Å²) in [5.41, 5.74) is 0.863. The van der Waals surface area contributed by atoms with Crippen molar-refractivity contribution < 1.29 is 21.9 Å². The highest BCUT2D eigenvalue weighted by Crippen LogP contribution is 2.23. The van der Waals surface area contributed by atoms with Crippen molar-refractivity contribution in [2.45, 2.75) is 24.5 Å². The van der Waals surface area contributed by atoms with E-state index in [1.165, 1.54) is 18.2 Å². The van der Waals surface area contributed by atoms with Crippen LogP contribution in [0.15, 0.2) is 53.6 Å². The van der Waals surface area contributed by atoms with Crippen LogP contribution in [0, 0.1) is 0 Å². The monoisotopic (exact) mass is 415 g/mol. The van der Waals surface area contributed by atoms with Crippen LogP contribution in [0.1, 0.15) is 6.42 Å².